The van der Waals surface area contributed by atoms with Crippen LogP contribution in [0.3, 0.4) is 0 Å². The average Bonchev–Trinajstić information content (AvgIpc) is 2.65. The van der Waals surface area contributed by atoms with Gasteiger partial charge in [0.25, 0.3) is 5.91 Å². The standard InChI is InChI=1S/C24H33NO2/c1-7-18-9-10-19(8-2)20(15-18)16-25-23(26)17(3)27-22-13-11-21(12-14-22)24(4,5)6/h9-15,17H,7-8,16H2,1-6H3,(H,25,26)/t17-/m0/s1. The Balaban J connectivity index is 1.96. The SMILES string of the molecule is CCc1ccc(CC)c(CNC(=O)[C@H](C)Oc2ccc(C(C)(C)C)cc2)c1. The van der Waals surface area contributed by atoms with E-state index in [0.717, 1.165) is 12.8 Å². The van der Waals surface area contributed by atoms with Gasteiger partial charge in [-0.3, -0.25) is 4.79 Å². The second kappa shape index (κ2) is 9.07. The van der Waals surface area contributed by atoms with Crippen molar-refractivity contribution in [2.24, 2.45) is 0 Å². The highest BCUT2D eigenvalue weighted by molar-refractivity contribution is 5.80. The Hall–Kier alpha value is -2.29. The van der Waals surface area contributed by atoms with Gasteiger partial charge in [0.1, 0.15) is 5.75 Å². The molecule has 146 valence electrons. The number of aryl methyl sites for hydroxylation is 2. The first kappa shape index (κ1) is 21.0. The molecular weight excluding hydrogens is 334 g/mol. The fraction of sp³-hybridized carbons (Fsp3) is 0.458. The Bertz CT molecular complexity index is 757. The average molecular weight is 368 g/mol. The van der Waals surface area contributed by atoms with Gasteiger partial charge in [-0.05, 0) is 59.6 Å². The molecular formula is C24H33NO2. The fourth-order valence-corrected chi connectivity index (χ4v) is 3.03. The van der Waals surface area contributed by atoms with Crippen LogP contribution in [-0.4, -0.2) is 12.0 Å². The molecule has 1 atom stereocenters. The van der Waals surface area contributed by atoms with Crippen LogP contribution in [0.25, 0.3) is 0 Å². The van der Waals surface area contributed by atoms with Crippen molar-refractivity contribution in [2.45, 2.75) is 72.4 Å². The number of hydrogen-bond acceptors (Lipinski definition) is 2. The van der Waals surface area contributed by atoms with Crippen LogP contribution in [-0.2, 0) is 29.6 Å². The van der Waals surface area contributed by atoms with Gasteiger partial charge in [-0.1, -0.05) is 65.0 Å². The van der Waals surface area contributed by atoms with E-state index in [2.05, 4.69) is 70.3 Å². The van der Waals surface area contributed by atoms with E-state index in [0.29, 0.717) is 12.3 Å². The summed E-state index contributed by atoms with van der Waals surface area (Å²) in [7, 11) is 0. The second-order valence-electron chi connectivity index (χ2n) is 8.06. The Morgan fingerprint density at radius 2 is 1.67 bits per heavy atom. The Labute approximate surface area is 164 Å². The lowest BCUT2D eigenvalue weighted by molar-refractivity contribution is -0.127. The number of amides is 1. The maximum absolute atomic E-state index is 12.5. The maximum Gasteiger partial charge on any atom is 0.261 e. The summed E-state index contributed by atoms with van der Waals surface area (Å²) in [5.74, 6) is 0.617. The highest BCUT2D eigenvalue weighted by Gasteiger charge is 2.17. The van der Waals surface area contributed by atoms with Crippen LogP contribution in [0, 0.1) is 0 Å². The van der Waals surface area contributed by atoms with E-state index in [4.69, 9.17) is 4.74 Å². The van der Waals surface area contributed by atoms with Crippen LogP contribution < -0.4 is 10.1 Å². The van der Waals surface area contributed by atoms with Crippen molar-refractivity contribution in [3.05, 3.63) is 64.7 Å². The molecule has 0 heterocycles. The lowest BCUT2D eigenvalue weighted by Gasteiger charge is -2.20. The molecule has 0 unspecified atom stereocenters. The normalized spacial score (nSPS) is 12.5. The molecule has 0 aliphatic heterocycles. The third-order valence-electron chi connectivity index (χ3n) is 4.92. The number of hydrogen-bond donors (Lipinski definition) is 1. The Kier molecular flexibility index (Phi) is 7.06. The summed E-state index contributed by atoms with van der Waals surface area (Å²) < 4.78 is 5.82. The quantitative estimate of drug-likeness (QED) is 0.731. The van der Waals surface area contributed by atoms with Gasteiger partial charge >= 0.3 is 0 Å². The molecule has 0 aromatic heterocycles. The summed E-state index contributed by atoms with van der Waals surface area (Å²) in [4.78, 5) is 12.5. The van der Waals surface area contributed by atoms with Crippen molar-refractivity contribution in [1.29, 1.82) is 0 Å². The van der Waals surface area contributed by atoms with E-state index in [1.807, 2.05) is 12.1 Å². The number of carbonyl (C=O) groups is 1. The first-order chi connectivity index (χ1) is 12.7. The monoisotopic (exact) mass is 367 g/mol. The van der Waals surface area contributed by atoms with E-state index in [1.54, 1.807) is 6.92 Å². The molecule has 0 radical (unpaired) electrons. The molecule has 1 N–H and O–H groups in total. The molecule has 27 heavy (non-hydrogen) atoms. The molecule has 0 saturated carbocycles. The molecule has 0 bridgehead atoms. The highest BCUT2D eigenvalue weighted by Crippen LogP contribution is 2.24. The zero-order valence-corrected chi connectivity index (χ0v) is 17.6. The van der Waals surface area contributed by atoms with Gasteiger partial charge in [0.05, 0.1) is 0 Å². The number of benzene rings is 2. The second-order valence-corrected chi connectivity index (χ2v) is 8.06. The maximum atomic E-state index is 12.5. The van der Waals surface area contributed by atoms with Gasteiger partial charge in [-0.2, -0.15) is 0 Å². The molecule has 2 aromatic rings. The summed E-state index contributed by atoms with van der Waals surface area (Å²) in [6.07, 6.45) is 1.42. The van der Waals surface area contributed by atoms with Crippen LogP contribution >= 0.6 is 0 Å². The molecule has 2 aromatic carbocycles. The molecule has 2 rings (SSSR count). The minimum absolute atomic E-state index is 0.0983. The largest absolute Gasteiger partial charge is 0.481 e. The van der Waals surface area contributed by atoms with Crippen molar-refractivity contribution >= 4 is 5.91 Å². The third kappa shape index (κ3) is 5.85. The fourth-order valence-electron chi connectivity index (χ4n) is 3.03. The summed E-state index contributed by atoms with van der Waals surface area (Å²) in [5, 5.41) is 3.02. The first-order valence-electron chi connectivity index (χ1n) is 9.90. The van der Waals surface area contributed by atoms with Crippen molar-refractivity contribution in [3.8, 4) is 5.75 Å². The number of rotatable bonds is 7. The van der Waals surface area contributed by atoms with Crippen LogP contribution in [0.2, 0.25) is 0 Å². The van der Waals surface area contributed by atoms with Crippen molar-refractivity contribution in [2.75, 3.05) is 0 Å². The molecule has 0 fully saturated rings. The number of ether oxygens (including phenoxy) is 1. The van der Waals surface area contributed by atoms with Gasteiger partial charge in [0.2, 0.25) is 0 Å². The molecule has 0 aliphatic carbocycles. The van der Waals surface area contributed by atoms with Crippen LogP contribution in [0.15, 0.2) is 42.5 Å². The Morgan fingerprint density at radius 3 is 2.22 bits per heavy atom. The van der Waals surface area contributed by atoms with Gasteiger partial charge in [0, 0.05) is 6.54 Å². The summed E-state index contributed by atoms with van der Waals surface area (Å²) in [6, 6.07) is 14.5. The van der Waals surface area contributed by atoms with Crippen molar-refractivity contribution < 1.29 is 9.53 Å². The van der Waals surface area contributed by atoms with Gasteiger partial charge in [-0.25, -0.2) is 0 Å². The van der Waals surface area contributed by atoms with Crippen LogP contribution in [0.5, 0.6) is 5.75 Å². The topological polar surface area (TPSA) is 38.3 Å². The minimum atomic E-state index is -0.537. The zero-order chi connectivity index (χ0) is 20.0. The minimum Gasteiger partial charge on any atom is -0.481 e. The molecule has 3 nitrogen and oxygen atoms in total. The predicted octanol–water partition coefficient (Wildman–Crippen LogP) is 5.19. The molecule has 0 saturated heterocycles. The summed E-state index contributed by atoms with van der Waals surface area (Å²) in [5.41, 5.74) is 5.10. The third-order valence-corrected chi connectivity index (χ3v) is 4.92. The van der Waals surface area contributed by atoms with Crippen molar-refractivity contribution in [1.82, 2.24) is 5.32 Å². The number of carbonyl (C=O) groups excluding carboxylic acids is 1. The van der Waals surface area contributed by atoms with Crippen molar-refractivity contribution in [3.63, 3.8) is 0 Å². The van der Waals surface area contributed by atoms with Crippen LogP contribution in [0.4, 0.5) is 0 Å². The lowest BCUT2D eigenvalue weighted by atomic mass is 9.87. The van der Waals surface area contributed by atoms with E-state index >= 15 is 0 Å². The van der Waals surface area contributed by atoms with Gasteiger partial charge < -0.3 is 10.1 Å². The smallest absolute Gasteiger partial charge is 0.261 e. The van der Waals surface area contributed by atoms with E-state index in [-0.39, 0.29) is 11.3 Å². The molecule has 1 amide bonds. The molecule has 0 aliphatic rings. The summed E-state index contributed by atoms with van der Waals surface area (Å²) >= 11 is 0. The van der Waals surface area contributed by atoms with Gasteiger partial charge in [0.15, 0.2) is 6.10 Å². The summed E-state index contributed by atoms with van der Waals surface area (Å²) in [6.45, 7) is 13.1. The predicted molar refractivity (Wildman–Crippen MR) is 112 cm³/mol. The first-order valence-corrected chi connectivity index (χ1v) is 9.90. The molecule has 3 heteroatoms. The number of nitrogens with one attached hydrogen (secondary N) is 1. The zero-order valence-electron chi connectivity index (χ0n) is 17.6. The van der Waals surface area contributed by atoms with E-state index < -0.39 is 6.10 Å². The highest BCUT2D eigenvalue weighted by atomic mass is 16.5. The molecule has 0 spiro atoms. The van der Waals surface area contributed by atoms with E-state index in [9.17, 15) is 4.79 Å². The van der Waals surface area contributed by atoms with E-state index in [1.165, 1.54) is 22.3 Å². The van der Waals surface area contributed by atoms with Gasteiger partial charge in [-0.15, -0.1) is 0 Å². The lowest BCUT2D eigenvalue weighted by Crippen LogP contribution is -2.36. The Morgan fingerprint density at radius 1 is 1.00 bits per heavy atom. The van der Waals surface area contributed by atoms with Crippen LogP contribution in [0.1, 0.15) is 63.8 Å².